The quantitative estimate of drug-likeness (QED) is 0.359. The Morgan fingerprint density at radius 3 is 2.42 bits per heavy atom. The topological polar surface area (TPSA) is 111 Å². The molecule has 4 N–H and O–H groups in total. The molecule has 0 saturated heterocycles. The number of hydrogen-bond acceptors (Lipinski definition) is 5. The molecule has 26 heavy (non-hydrogen) atoms. The van der Waals surface area contributed by atoms with Crippen molar-refractivity contribution in [1.82, 2.24) is 10.7 Å². The second kappa shape index (κ2) is 8.61. The van der Waals surface area contributed by atoms with Crippen molar-refractivity contribution in [2.24, 2.45) is 5.10 Å². The fourth-order valence-electron chi connectivity index (χ4n) is 2.01. The molecule has 0 radical (unpaired) electrons. The zero-order chi connectivity index (χ0) is 19.1. The first-order valence-electron chi connectivity index (χ1n) is 7.72. The minimum absolute atomic E-state index is 0.0255. The molecule has 2 aromatic rings. The van der Waals surface area contributed by atoms with Crippen LogP contribution < -0.4 is 10.7 Å². The van der Waals surface area contributed by atoms with Gasteiger partial charge in [-0.15, -0.1) is 0 Å². The number of carbonyl (C=O) groups excluding carboxylic acids is 2. The molecule has 7 nitrogen and oxygen atoms in total. The van der Waals surface area contributed by atoms with Crippen LogP contribution in [-0.4, -0.2) is 27.7 Å². The van der Waals surface area contributed by atoms with Crippen LogP contribution in [-0.2, 0) is 11.3 Å². The van der Waals surface area contributed by atoms with Gasteiger partial charge in [0.15, 0.2) is 11.5 Å². The van der Waals surface area contributed by atoms with E-state index in [9.17, 15) is 24.2 Å². The van der Waals surface area contributed by atoms with E-state index in [2.05, 4.69) is 15.8 Å². The van der Waals surface area contributed by atoms with E-state index in [1.165, 1.54) is 24.3 Å². The van der Waals surface area contributed by atoms with Crippen molar-refractivity contribution < 1.29 is 24.2 Å². The minimum Gasteiger partial charge on any atom is -0.504 e. The molecule has 0 heterocycles. The number of hydrazone groups is 1. The smallest absolute Gasteiger partial charge is 0.271 e. The molecule has 0 aliphatic carbocycles. The Hall–Kier alpha value is -3.42. The Kier molecular flexibility index (Phi) is 6.26. The van der Waals surface area contributed by atoms with Gasteiger partial charge in [-0.05, 0) is 42.8 Å². The molecule has 0 aliphatic rings. The van der Waals surface area contributed by atoms with E-state index in [-0.39, 0.29) is 36.0 Å². The van der Waals surface area contributed by atoms with Crippen molar-refractivity contribution in [2.75, 3.05) is 0 Å². The van der Waals surface area contributed by atoms with Crippen molar-refractivity contribution in [3.05, 3.63) is 59.4 Å². The molecule has 0 unspecified atom stereocenters. The lowest BCUT2D eigenvalue weighted by atomic mass is 10.2. The number of hydrogen-bond donors (Lipinski definition) is 4. The van der Waals surface area contributed by atoms with Crippen molar-refractivity contribution in [1.29, 1.82) is 0 Å². The maximum absolute atomic E-state index is 12.8. The summed E-state index contributed by atoms with van der Waals surface area (Å²) in [6.07, 6.45) is -0.0255. The summed E-state index contributed by atoms with van der Waals surface area (Å²) in [4.78, 5) is 23.7. The summed E-state index contributed by atoms with van der Waals surface area (Å²) in [7, 11) is 0. The van der Waals surface area contributed by atoms with Crippen molar-refractivity contribution >= 4 is 17.5 Å². The predicted octanol–water partition coefficient (Wildman–Crippen LogP) is 2.05. The lowest BCUT2D eigenvalue weighted by Crippen LogP contribution is -2.26. The van der Waals surface area contributed by atoms with Gasteiger partial charge < -0.3 is 15.5 Å². The molecule has 0 spiro atoms. The van der Waals surface area contributed by atoms with E-state index in [1.54, 1.807) is 19.1 Å². The van der Waals surface area contributed by atoms with Crippen LogP contribution >= 0.6 is 0 Å². The lowest BCUT2D eigenvalue weighted by molar-refractivity contribution is -0.120. The number of phenolic OH excluding ortho intramolecular Hbond substituents is 2. The average molecular weight is 359 g/mol. The van der Waals surface area contributed by atoms with Crippen LogP contribution in [0, 0.1) is 5.82 Å². The summed E-state index contributed by atoms with van der Waals surface area (Å²) in [6, 6.07) is 9.38. The number of carbonyl (C=O) groups is 2. The van der Waals surface area contributed by atoms with E-state index >= 15 is 0 Å². The van der Waals surface area contributed by atoms with Gasteiger partial charge in [0.1, 0.15) is 5.82 Å². The second-order valence-corrected chi connectivity index (χ2v) is 5.57. The van der Waals surface area contributed by atoms with Crippen molar-refractivity contribution in [3.63, 3.8) is 0 Å². The molecule has 0 aliphatic heterocycles. The van der Waals surface area contributed by atoms with E-state index in [0.29, 0.717) is 5.71 Å². The number of halogens is 1. The zero-order valence-corrected chi connectivity index (χ0v) is 14.0. The van der Waals surface area contributed by atoms with Crippen LogP contribution in [0.1, 0.15) is 29.3 Å². The van der Waals surface area contributed by atoms with Gasteiger partial charge in [-0.25, -0.2) is 9.82 Å². The third kappa shape index (κ3) is 5.59. The van der Waals surface area contributed by atoms with Gasteiger partial charge in [0.2, 0.25) is 5.91 Å². The van der Waals surface area contributed by atoms with Crippen LogP contribution in [0.4, 0.5) is 4.39 Å². The number of nitrogens with zero attached hydrogens (tertiary/aromatic N) is 1. The first kappa shape index (κ1) is 18.9. The third-order valence-corrected chi connectivity index (χ3v) is 3.41. The Balaban J connectivity index is 1.82. The monoisotopic (exact) mass is 359 g/mol. The van der Waals surface area contributed by atoms with Gasteiger partial charge in [-0.1, -0.05) is 12.1 Å². The zero-order valence-electron chi connectivity index (χ0n) is 14.0. The fourth-order valence-corrected chi connectivity index (χ4v) is 2.01. The number of nitrogens with one attached hydrogen (secondary N) is 2. The summed E-state index contributed by atoms with van der Waals surface area (Å²) in [5.74, 6) is -1.99. The largest absolute Gasteiger partial charge is 0.504 e. The van der Waals surface area contributed by atoms with Gasteiger partial charge in [0.05, 0.1) is 6.42 Å². The Bertz CT molecular complexity index is 835. The molecule has 2 rings (SSSR count). The molecule has 0 atom stereocenters. The van der Waals surface area contributed by atoms with E-state index in [1.807, 2.05) is 0 Å². The van der Waals surface area contributed by atoms with E-state index in [4.69, 9.17) is 0 Å². The van der Waals surface area contributed by atoms with E-state index < -0.39 is 11.7 Å². The molecule has 2 aromatic carbocycles. The average Bonchev–Trinajstić information content (AvgIpc) is 2.61. The highest BCUT2D eigenvalue weighted by molar-refractivity contribution is 6.01. The maximum Gasteiger partial charge on any atom is 0.271 e. The van der Waals surface area contributed by atoms with Crippen molar-refractivity contribution in [2.45, 2.75) is 19.9 Å². The minimum atomic E-state index is -0.591. The van der Waals surface area contributed by atoms with Crippen molar-refractivity contribution in [3.8, 4) is 11.5 Å². The summed E-state index contributed by atoms with van der Waals surface area (Å²) in [5.41, 5.74) is 3.51. The summed E-state index contributed by atoms with van der Waals surface area (Å²) >= 11 is 0. The van der Waals surface area contributed by atoms with Gasteiger partial charge in [0, 0.05) is 17.8 Å². The molecular formula is C18H18FN3O4. The number of phenols is 2. The van der Waals surface area contributed by atoms with Gasteiger partial charge in [-0.3, -0.25) is 9.59 Å². The maximum atomic E-state index is 12.8. The third-order valence-electron chi connectivity index (χ3n) is 3.41. The molecular weight excluding hydrogens is 341 g/mol. The Morgan fingerprint density at radius 1 is 1.08 bits per heavy atom. The molecule has 8 heteroatoms. The SMILES string of the molecule is CC(CC(=O)NCc1ccc(F)cc1)=NNC(=O)c1ccc(O)c(O)c1. The number of aromatic hydroxyl groups is 2. The highest BCUT2D eigenvalue weighted by Gasteiger charge is 2.09. The van der Waals surface area contributed by atoms with Gasteiger partial charge in [0.25, 0.3) is 5.91 Å². The predicted molar refractivity (Wildman–Crippen MR) is 93.2 cm³/mol. The number of rotatable bonds is 6. The first-order valence-corrected chi connectivity index (χ1v) is 7.72. The Morgan fingerprint density at radius 2 is 1.77 bits per heavy atom. The van der Waals surface area contributed by atoms with Crippen LogP contribution in [0.3, 0.4) is 0 Å². The number of amides is 2. The van der Waals surface area contributed by atoms with Crippen LogP contribution in [0.2, 0.25) is 0 Å². The normalized spacial score (nSPS) is 11.1. The second-order valence-electron chi connectivity index (χ2n) is 5.57. The molecule has 0 bridgehead atoms. The van der Waals surface area contributed by atoms with Crippen LogP contribution in [0.15, 0.2) is 47.6 Å². The van der Waals surface area contributed by atoms with Gasteiger partial charge >= 0.3 is 0 Å². The van der Waals surface area contributed by atoms with Gasteiger partial charge in [-0.2, -0.15) is 5.10 Å². The molecule has 0 saturated carbocycles. The highest BCUT2D eigenvalue weighted by atomic mass is 19.1. The first-order chi connectivity index (χ1) is 12.3. The molecule has 0 fully saturated rings. The summed E-state index contributed by atoms with van der Waals surface area (Å²) < 4.78 is 12.8. The van der Waals surface area contributed by atoms with Crippen LogP contribution in [0.5, 0.6) is 11.5 Å². The summed E-state index contributed by atoms with van der Waals surface area (Å²) in [6.45, 7) is 1.83. The molecule has 0 aromatic heterocycles. The molecule has 2 amide bonds. The highest BCUT2D eigenvalue weighted by Crippen LogP contribution is 2.24. The number of benzene rings is 2. The van der Waals surface area contributed by atoms with E-state index in [0.717, 1.165) is 11.6 Å². The Labute approximate surface area is 149 Å². The lowest BCUT2D eigenvalue weighted by Gasteiger charge is -2.06. The summed E-state index contributed by atoms with van der Waals surface area (Å²) in [5, 5.41) is 25.1. The van der Waals surface area contributed by atoms with Crippen LogP contribution in [0.25, 0.3) is 0 Å². The molecule has 136 valence electrons. The fraction of sp³-hybridized carbons (Fsp3) is 0.167. The standard InChI is InChI=1S/C18H18FN3O4/c1-11(8-17(25)20-10-12-2-5-14(19)6-3-12)21-22-18(26)13-4-7-15(23)16(24)9-13/h2-7,9,23-24H,8,10H2,1H3,(H,20,25)(H,22,26).